The largest absolute Gasteiger partial charge is 0.463 e. The van der Waals surface area contributed by atoms with E-state index in [0.717, 1.165) is 38.5 Å². The molecule has 1 aliphatic heterocycles. The Hall–Kier alpha value is -1.22. The Labute approximate surface area is 288 Å². The number of aliphatic hydroxyl groups excluding tert-OH is 2. The topological polar surface area (TPSA) is 112 Å². The van der Waals surface area contributed by atoms with Gasteiger partial charge < -0.3 is 29.2 Å². The maximum absolute atomic E-state index is 12.5. The molecule has 0 unspecified atom stereocenters. The van der Waals surface area contributed by atoms with E-state index in [2.05, 4.69) is 13.8 Å². The fourth-order valence-corrected chi connectivity index (χ4v) is 6.39. The molecule has 47 heavy (non-hydrogen) atoms. The number of ether oxygens (including phenoxy) is 4. The molecule has 0 aromatic heterocycles. The number of aliphatic hydroxyl groups is 2. The van der Waals surface area contributed by atoms with Gasteiger partial charge in [0.1, 0.15) is 24.9 Å². The van der Waals surface area contributed by atoms with Crippen LogP contribution in [0.5, 0.6) is 0 Å². The van der Waals surface area contributed by atoms with E-state index in [-0.39, 0.29) is 19.0 Å². The molecule has 1 fully saturated rings. The van der Waals surface area contributed by atoms with Crippen molar-refractivity contribution >= 4 is 11.9 Å². The normalized spacial score (nSPS) is 21.2. The van der Waals surface area contributed by atoms with E-state index in [1.165, 1.54) is 136 Å². The quantitative estimate of drug-likeness (QED) is 0.0538. The summed E-state index contributed by atoms with van der Waals surface area (Å²) in [6.07, 6.45) is 26.6. The van der Waals surface area contributed by atoms with Crippen molar-refractivity contribution in [3.63, 3.8) is 0 Å². The molecule has 0 radical (unpaired) electrons. The van der Waals surface area contributed by atoms with Crippen molar-refractivity contribution in [1.29, 1.82) is 0 Å². The van der Waals surface area contributed by atoms with E-state index >= 15 is 0 Å². The Morgan fingerprint density at radius 1 is 0.532 bits per heavy atom. The third-order valence-corrected chi connectivity index (χ3v) is 9.52. The molecule has 0 aliphatic carbocycles. The molecule has 5 atom stereocenters. The molecule has 1 rings (SSSR count). The molecule has 0 spiro atoms. The summed E-state index contributed by atoms with van der Waals surface area (Å²) in [4.78, 5) is 24.8. The third kappa shape index (κ3) is 22.9. The number of rotatable bonds is 32. The van der Waals surface area contributed by atoms with Crippen molar-refractivity contribution in [2.24, 2.45) is 0 Å². The zero-order valence-corrected chi connectivity index (χ0v) is 30.7. The number of esters is 2. The fraction of sp³-hybridized carbons (Fsp3) is 0.949. The summed E-state index contributed by atoms with van der Waals surface area (Å²) in [6.45, 7) is 4.30. The summed E-state index contributed by atoms with van der Waals surface area (Å²) in [5.41, 5.74) is 0. The molecule has 8 nitrogen and oxygen atoms in total. The number of hydrogen-bond donors (Lipinski definition) is 2. The maximum Gasteiger partial charge on any atom is 0.306 e. The van der Waals surface area contributed by atoms with E-state index in [1.54, 1.807) is 0 Å². The highest BCUT2D eigenvalue weighted by Crippen LogP contribution is 2.25. The van der Waals surface area contributed by atoms with Crippen LogP contribution in [-0.2, 0) is 28.5 Å². The van der Waals surface area contributed by atoms with Crippen LogP contribution in [0.15, 0.2) is 0 Å². The maximum atomic E-state index is 12.5. The van der Waals surface area contributed by atoms with Gasteiger partial charge in [0.2, 0.25) is 0 Å². The molecular weight excluding hydrogens is 596 g/mol. The van der Waals surface area contributed by atoms with Crippen LogP contribution in [0.1, 0.15) is 194 Å². The highest BCUT2D eigenvalue weighted by Gasteiger charge is 2.47. The summed E-state index contributed by atoms with van der Waals surface area (Å²) < 4.78 is 21.9. The third-order valence-electron chi connectivity index (χ3n) is 9.52. The minimum atomic E-state index is -1.41. The SMILES string of the molecule is CCCCCCCCCCCCCCCC(=O)OC[C@H]1O[C@H](OC)[C@H](OC(=O)CCCCCCCCCCCCCCC)[C@@H](O)[C@@H]1O. The van der Waals surface area contributed by atoms with Crippen LogP contribution in [-0.4, -0.2) is 66.6 Å². The predicted octanol–water partition coefficient (Wildman–Crippen LogP) is 9.50. The predicted molar refractivity (Wildman–Crippen MR) is 189 cm³/mol. The average Bonchev–Trinajstić information content (AvgIpc) is 3.07. The molecule has 278 valence electrons. The molecular formula is C39H74O8. The molecule has 0 saturated carbocycles. The van der Waals surface area contributed by atoms with Crippen molar-refractivity contribution < 1.29 is 38.7 Å². The Kier molecular flexibility index (Phi) is 28.7. The second kappa shape index (κ2) is 30.8. The molecule has 2 N–H and O–H groups in total. The van der Waals surface area contributed by atoms with Crippen molar-refractivity contribution in [2.75, 3.05) is 13.7 Å². The molecule has 0 aromatic rings. The zero-order chi connectivity index (χ0) is 34.4. The standard InChI is InChI=1S/C39H74O8/c1-4-6-8-10-12-14-16-18-20-22-24-26-28-30-34(40)45-32-33-36(42)37(43)38(39(44-3)46-33)47-35(41)31-29-27-25-23-21-19-17-15-13-11-9-7-5-2/h33,36-39,42-43H,4-32H2,1-3H3/t33-,36-,37+,38-,39+/m1/s1. The Morgan fingerprint density at radius 2 is 0.894 bits per heavy atom. The molecule has 1 saturated heterocycles. The van der Waals surface area contributed by atoms with Gasteiger partial charge in [0, 0.05) is 20.0 Å². The Bertz CT molecular complexity index is 728. The van der Waals surface area contributed by atoms with Crippen LogP contribution < -0.4 is 0 Å². The van der Waals surface area contributed by atoms with E-state index in [1.807, 2.05) is 0 Å². The van der Waals surface area contributed by atoms with Crippen molar-refractivity contribution in [3.8, 4) is 0 Å². The summed E-state index contributed by atoms with van der Waals surface area (Å²) >= 11 is 0. The Morgan fingerprint density at radius 3 is 1.28 bits per heavy atom. The van der Waals surface area contributed by atoms with E-state index in [0.29, 0.717) is 6.42 Å². The van der Waals surface area contributed by atoms with Crippen molar-refractivity contribution in [2.45, 2.75) is 224 Å². The van der Waals surface area contributed by atoms with Crippen LogP contribution in [0.3, 0.4) is 0 Å². The van der Waals surface area contributed by atoms with Crippen LogP contribution in [0.25, 0.3) is 0 Å². The number of carbonyl (C=O) groups is 2. The van der Waals surface area contributed by atoms with E-state index in [9.17, 15) is 19.8 Å². The molecule has 8 heteroatoms. The number of unbranched alkanes of at least 4 members (excludes halogenated alkanes) is 24. The zero-order valence-electron chi connectivity index (χ0n) is 30.7. The summed E-state index contributed by atoms with van der Waals surface area (Å²) in [6, 6.07) is 0. The van der Waals surface area contributed by atoms with Crippen LogP contribution in [0, 0.1) is 0 Å². The van der Waals surface area contributed by atoms with Crippen LogP contribution in [0.4, 0.5) is 0 Å². The average molecular weight is 671 g/mol. The van der Waals surface area contributed by atoms with Gasteiger partial charge in [-0.25, -0.2) is 0 Å². The monoisotopic (exact) mass is 671 g/mol. The van der Waals surface area contributed by atoms with Gasteiger partial charge in [0.15, 0.2) is 12.4 Å². The lowest BCUT2D eigenvalue weighted by Crippen LogP contribution is -2.60. The smallest absolute Gasteiger partial charge is 0.306 e. The summed E-state index contributed by atoms with van der Waals surface area (Å²) in [5, 5.41) is 21.3. The fourth-order valence-electron chi connectivity index (χ4n) is 6.39. The van der Waals surface area contributed by atoms with Gasteiger partial charge in [-0.15, -0.1) is 0 Å². The summed E-state index contributed by atoms with van der Waals surface area (Å²) in [7, 11) is 1.39. The van der Waals surface area contributed by atoms with Crippen LogP contribution >= 0.6 is 0 Å². The minimum absolute atomic E-state index is 0.199. The first kappa shape index (κ1) is 43.8. The van der Waals surface area contributed by atoms with E-state index < -0.39 is 36.7 Å². The minimum Gasteiger partial charge on any atom is -0.463 e. The molecule has 1 aliphatic rings. The number of methoxy groups -OCH3 is 1. The first-order valence-corrected chi connectivity index (χ1v) is 19.8. The molecule has 1 heterocycles. The first-order valence-electron chi connectivity index (χ1n) is 19.8. The number of hydrogen-bond acceptors (Lipinski definition) is 8. The highest BCUT2D eigenvalue weighted by molar-refractivity contribution is 5.69. The second-order valence-electron chi connectivity index (χ2n) is 13.9. The van der Waals surface area contributed by atoms with Gasteiger partial charge in [-0.05, 0) is 12.8 Å². The van der Waals surface area contributed by atoms with Gasteiger partial charge in [-0.1, -0.05) is 168 Å². The lowest BCUT2D eigenvalue weighted by Gasteiger charge is -2.41. The molecule has 0 amide bonds. The van der Waals surface area contributed by atoms with Gasteiger partial charge in [-0.2, -0.15) is 0 Å². The van der Waals surface area contributed by atoms with Gasteiger partial charge in [0.05, 0.1) is 0 Å². The van der Waals surface area contributed by atoms with Crippen molar-refractivity contribution in [3.05, 3.63) is 0 Å². The Balaban J connectivity index is 2.12. The van der Waals surface area contributed by atoms with Crippen LogP contribution in [0.2, 0.25) is 0 Å². The summed E-state index contributed by atoms with van der Waals surface area (Å²) in [5.74, 6) is -0.795. The van der Waals surface area contributed by atoms with Crippen molar-refractivity contribution in [1.82, 2.24) is 0 Å². The number of carbonyl (C=O) groups excluding carboxylic acids is 2. The lowest BCUT2D eigenvalue weighted by molar-refractivity contribution is -0.298. The van der Waals surface area contributed by atoms with Gasteiger partial charge >= 0.3 is 11.9 Å². The first-order chi connectivity index (χ1) is 22.9. The van der Waals surface area contributed by atoms with Gasteiger partial charge in [0.25, 0.3) is 0 Å². The second-order valence-corrected chi connectivity index (χ2v) is 13.9. The van der Waals surface area contributed by atoms with Gasteiger partial charge in [-0.3, -0.25) is 9.59 Å². The molecule has 0 bridgehead atoms. The lowest BCUT2D eigenvalue weighted by atomic mass is 9.99. The molecule has 0 aromatic carbocycles. The highest BCUT2D eigenvalue weighted by atomic mass is 16.7. The van der Waals surface area contributed by atoms with E-state index in [4.69, 9.17) is 18.9 Å².